The molecule has 2 N–H and O–H groups in total. The van der Waals surface area contributed by atoms with Gasteiger partial charge in [-0.25, -0.2) is 21.5 Å². The molecule has 5 nitrogen and oxygen atoms in total. The predicted octanol–water partition coefficient (Wildman–Crippen LogP) is 1.80. The van der Waals surface area contributed by atoms with Crippen LogP contribution in [0.1, 0.15) is 0 Å². The van der Waals surface area contributed by atoms with Crippen molar-refractivity contribution >= 4 is 15.7 Å². The topological polar surface area (TPSA) is 72.6 Å². The summed E-state index contributed by atoms with van der Waals surface area (Å²) in [6.45, 7) is -1.61. The minimum atomic E-state index is -4.36. The van der Waals surface area contributed by atoms with E-state index in [-0.39, 0.29) is 4.90 Å². The number of halogens is 4. The minimum absolute atomic E-state index is 0.356. The lowest BCUT2D eigenvalue weighted by Crippen LogP contribution is -2.34. The van der Waals surface area contributed by atoms with Crippen molar-refractivity contribution in [2.24, 2.45) is 0 Å². The van der Waals surface area contributed by atoms with E-state index in [9.17, 15) is 26.0 Å². The first-order chi connectivity index (χ1) is 9.50. The highest BCUT2D eigenvalue weighted by atomic mass is 32.2. The summed E-state index contributed by atoms with van der Waals surface area (Å²) in [5.74, 6) is -4.76. The highest BCUT2D eigenvalue weighted by Crippen LogP contribution is 2.32. The van der Waals surface area contributed by atoms with Crippen LogP contribution in [0.15, 0.2) is 23.1 Å². The van der Waals surface area contributed by atoms with Crippen molar-refractivity contribution in [1.29, 1.82) is 0 Å². The summed E-state index contributed by atoms with van der Waals surface area (Å²) in [4.78, 5) is -0.356. The van der Waals surface area contributed by atoms with Crippen LogP contribution in [0.4, 0.5) is 23.2 Å². The number of nitrogens with two attached hydrogens (primary N) is 1. The monoisotopic (exact) mass is 330 g/mol. The lowest BCUT2D eigenvalue weighted by atomic mass is 10.3. The third-order valence-corrected chi connectivity index (χ3v) is 4.40. The van der Waals surface area contributed by atoms with E-state index < -0.39 is 40.4 Å². The maximum atomic E-state index is 12.8. The summed E-state index contributed by atoms with van der Waals surface area (Å²) in [5, 5.41) is 0. The fourth-order valence-corrected chi connectivity index (χ4v) is 2.33. The highest BCUT2D eigenvalue weighted by Gasteiger charge is 2.42. The Morgan fingerprint density at radius 1 is 1.33 bits per heavy atom. The average molecular weight is 330 g/mol. The molecule has 1 rings (SSSR count). The molecule has 1 aromatic rings. The molecular weight excluding hydrogens is 316 g/mol. The van der Waals surface area contributed by atoms with E-state index in [0.717, 1.165) is 16.4 Å². The van der Waals surface area contributed by atoms with E-state index in [1.165, 1.54) is 20.2 Å². The van der Waals surface area contributed by atoms with Crippen LogP contribution in [0.3, 0.4) is 0 Å². The fourth-order valence-electron chi connectivity index (χ4n) is 1.31. The van der Waals surface area contributed by atoms with Gasteiger partial charge in [-0.15, -0.1) is 0 Å². The summed E-state index contributed by atoms with van der Waals surface area (Å²) in [6, 6.07) is 3.48. The Hall–Kier alpha value is -1.55. The zero-order valence-electron chi connectivity index (χ0n) is 11.2. The van der Waals surface area contributed by atoms with E-state index in [0.29, 0.717) is 0 Å². The van der Waals surface area contributed by atoms with E-state index in [4.69, 9.17) is 5.73 Å². The van der Waals surface area contributed by atoms with Gasteiger partial charge in [0.15, 0.2) is 6.61 Å². The molecule has 21 heavy (non-hydrogen) atoms. The van der Waals surface area contributed by atoms with Crippen LogP contribution < -0.4 is 10.5 Å². The molecule has 0 aliphatic rings. The van der Waals surface area contributed by atoms with Crippen molar-refractivity contribution in [2.75, 3.05) is 26.4 Å². The van der Waals surface area contributed by atoms with Gasteiger partial charge in [-0.1, -0.05) is 6.07 Å². The Balaban J connectivity index is 3.08. The van der Waals surface area contributed by atoms with Gasteiger partial charge in [-0.05, 0) is 12.1 Å². The SMILES string of the molecule is CN(C)S(=O)(=O)c1cccc(OCC(F)(F)C(F)F)c1N. The lowest BCUT2D eigenvalue weighted by Gasteiger charge is -2.19. The fraction of sp³-hybridized carbons (Fsp3) is 0.455. The molecule has 120 valence electrons. The van der Waals surface area contributed by atoms with Gasteiger partial charge >= 0.3 is 12.3 Å². The van der Waals surface area contributed by atoms with Crippen LogP contribution in [0.2, 0.25) is 0 Å². The maximum absolute atomic E-state index is 12.8. The first-order valence-electron chi connectivity index (χ1n) is 5.60. The molecule has 0 saturated carbocycles. The third-order valence-electron chi connectivity index (χ3n) is 2.52. The van der Waals surface area contributed by atoms with Crippen LogP contribution in [0.5, 0.6) is 5.75 Å². The lowest BCUT2D eigenvalue weighted by molar-refractivity contribution is -0.148. The van der Waals surface area contributed by atoms with Crippen LogP contribution in [-0.2, 0) is 10.0 Å². The van der Waals surface area contributed by atoms with Gasteiger partial charge in [0.25, 0.3) is 0 Å². The van der Waals surface area contributed by atoms with Crippen molar-refractivity contribution in [1.82, 2.24) is 4.31 Å². The summed E-state index contributed by atoms with van der Waals surface area (Å²) in [7, 11) is -1.39. The van der Waals surface area contributed by atoms with Gasteiger partial charge in [0, 0.05) is 14.1 Å². The largest absolute Gasteiger partial charge is 0.485 e. The Bertz CT molecular complexity index is 605. The van der Waals surface area contributed by atoms with Crippen molar-refractivity contribution in [2.45, 2.75) is 17.2 Å². The van der Waals surface area contributed by atoms with Crippen molar-refractivity contribution in [3.05, 3.63) is 18.2 Å². The maximum Gasteiger partial charge on any atom is 0.340 e. The molecule has 0 radical (unpaired) electrons. The average Bonchev–Trinajstić information content (AvgIpc) is 2.36. The number of hydrogen-bond donors (Lipinski definition) is 1. The first-order valence-corrected chi connectivity index (χ1v) is 7.04. The number of alkyl halides is 4. The molecule has 10 heteroatoms. The third kappa shape index (κ3) is 3.76. The number of anilines is 1. The second kappa shape index (κ2) is 6.06. The zero-order chi connectivity index (χ0) is 16.4. The Labute approximate surface area is 119 Å². The molecule has 0 aliphatic heterocycles. The van der Waals surface area contributed by atoms with E-state index >= 15 is 0 Å². The summed E-state index contributed by atoms with van der Waals surface area (Å²) >= 11 is 0. The minimum Gasteiger partial charge on any atom is -0.485 e. The van der Waals surface area contributed by atoms with Gasteiger partial charge in [-0.2, -0.15) is 8.78 Å². The highest BCUT2D eigenvalue weighted by molar-refractivity contribution is 7.89. The molecule has 0 spiro atoms. The van der Waals surface area contributed by atoms with Crippen LogP contribution in [0.25, 0.3) is 0 Å². The van der Waals surface area contributed by atoms with E-state index in [1.54, 1.807) is 0 Å². The van der Waals surface area contributed by atoms with Crippen molar-refractivity contribution in [3.63, 3.8) is 0 Å². The molecule has 0 aliphatic carbocycles. The van der Waals surface area contributed by atoms with Crippen molar-refractivity contribution < 1.29 is 30.7 Å². The molecule has 0 atom stereocenters. The van der Waals surface area contributed by atoms with E-state index in [2.05, 4.69) is 4.74 Å². The molecule has 1 aromatic carbocycles. The standard InChI is InChI=1S/C11H14F4N2O3S/c1-17(2)21(18,19)8-5-3-4-7(9(8)16)20-6-11(14,15)10(12)13/h3-5,10H,6,16H2,1-2H3. The van der Waals surface area contributed by atoms with Gasteiger partial charge in [0.05, 0.1) is 5.69 Å². The Kier molecular flexibility index (Phi) is 5.05. The zero-order valence-corrected chi connectivity index (χ0v) is 12.0. The Morgan fingerprint density at radius 3 is 2.38 bits per heavy atom. The number of hydrogen-bond acceptors (Lipinski definition) is 4. The summed E-state index contributed by atoms with van der Waals surface area (Å²) < 4.78 is 78.9. The molecule has 0 saturated heterocycles. The molecule has 0 heterocycles. The number of sulfonamides is 1. The number of nitrogen functional groups attached to an aromatic ring is 1. The number of para-hydroxylation sites is 1. The summed E-state index contributed by atoms with van der Waals surface area (Å²) in [5.41, 5.74) is 5.13. The van der Waals surface area contributed by atoms with Gasteiger partial charge in [0.1, 0.15) is 10.6 Å². The normalized spacial score (nSPS) is 13.0. The Morgan fingerprint density at radius 2 is 1.90 bits per heavy atom. The number of rotatable bonds is 6. The molecule has 0 bridgehead atoms. The smallest absolute Gasteiger partial charge is 0.340 e. The molecular formula is C11H14F4N2O3S. The van der Waals surface area contributed by atoms with Crippen LogP contribution >= 0.6 is 0 Å². The van der Waals surface area contributed by atoms with Gasteiger partial charge in [-0.3, -0.25) is 0 Å². The van der Waals surface area contributed by atoms with Crippen molar-refractivity contribution in [3.8, 4) is 5.75 Å². The molecule has 0 fully saturated rings. The predicted molar refractivity (Wildman–Crippen MR) is 68.2 cm³/mol. The van der Waals surface area contributed by atoms with Gasteiger partial charge < -0.3 is 10.5 Å². The first kappa shape index (κ1) is 17.5. The summed E-state index contributed by atoms with van der Waals surface area (Å²) in [6.07, 6.45) is -3.90. The second-order valence-electron chi connectivity index (χ2n) is 4.31. The number of benzene rings is 1. The quantitative estimate of drug-likeness (QED) is 0.638. The number of nitrogens with zero attached hydrogens (tertiary/aromatic N) is 1. The molecule has 0 unspecified atom stereocenters. The molecule has 0 amide bonds. The molecule has 0 aromatic heterocycles. The van der Waals surface area contributed by atoms with E-state index in [1.807, 2.05) is 0 Å². The second-order valence-corrected chi connectivity index (χ2v) is 6.43. The van der Waals surface area contributed by atoms with Gasteiger partial charge in [0.2, 0.25) is 10.0 Å². The number of ether oxygens (including phenoxy) is 1. The van der Waals surface area contributed by atoms with Crippen LogP contribution in [-0.4, -0.2) is 45.8 Å². The van der Waals surface area contributed by atoms with Crippen LogP contribution in [0, 0.1) is 0 Å².